The van der Waals surface area contributed by atoms with Crippen LogP contribution in [-0.4, -0.2) is 92.1 Å². The molecule has 12 nitrogen and oxygen atoms in total. The highest BCUT2D eigenvalue weighted by Gasteiger charge is 2.24. The van der Waals surface area contributed by atoms with Crippen LogP contribution in [0.4, 0.5) is 4.79 Å². The van der Waals surface area contributed by atoms with Crippen molar-refractivity contribution in [3.8, 4) is 11.5 Å². The summed E-state index contributed by atoms with van der Waals surface area (Å²) in [4.78, 5) is 47.9. The number of esters is 1. The number of ether oxygens (including phenoxy) is 4. The van der Waals surface area contributed by atoms with Crippen molar-refractivity contribution in [2.75, 3.05) is 46.9 Å². The first-order valence-corrected chi connectivity index (χ1v) is 18.6. The SMILES string of the molecule is C.CC(C)(C)OC(=O)CCC1CCNCC1.COc1cccc(CC(=O)N2CCC(CNC(=O)OC(C)(C)C)CC2)c1.COc1cccc(CC(=O)O)c1. The number of nitrogens with zero attached hydrogens (tertiary/aromatic N) is 1. The number of hydrogen-bond donors (Lipinski definition) is 3. The third-order valence-corrected chi connectivity index (χ3v) is 8.52. The van der Waals surface area contributed by atoms with Gasteiger partial charge in [-0.25, -0.2) is 4.79 Å². The van der Waals surface area contributed by atoms with Crippen LogP contribution in [0.15, 0.2) is 48.5 Å². The second-order valence-corrected chi connectivity index (χ2v) is 15.5. The van der Waals surface area contributed by atoms with Gasteiger partial charge in [-0.2, -0.15) is 0 Å². The van der Waals surface area contributed by atoms with Crippen molar-refractivity contribution in [2.24, 2.45) is 11.8 Å². The second-order valence-electron chi connectivity index (χ2n) is 15.5. The van der Waals surface area contributed by atoms with E-state index in [9.17, 15) is 19.2 Å². The van der Waals surface area contributed by atoms with Crippen LogP contribution in [0, 0.1) is 11.8 Å². The molecule has 2 amide bonds. The summed E-state index contributed by atoms with van der Waals surface area (Å²) < 4.78 is 20.7. The molecule has 2 aliphatic heterocycles. The van der Waals surface area contributed by atoms with Gasteiger partial charge in [0.15, 0.2) is 0 Å². The largest absolute Gasteiger partial charge is 0.497 e. The number of benzene rings is 2. The number of rotatable bonds is 11. The van der Waals surface area contributed by atoms with Gasteiger partial charge >= 0.3 is 18.0 Å². The number of carbonyl (C=O) groups is 4. The topological polar surface area (TPSA) is 153 Å². The van der Waals surface area contributed by atoms with E-state index < -0.39 is 11.6 Å². The van der Waals surface area contributed by atoms with E-state index >= 15 is 0 Å². The van der Waals surface area contributed by atoms with Gasteiger partial charge in [0.2, 0.25) is 5.91 Å². The fraction of sp³-hybridized carbons (Fsp3) is 0.619. The van der Waals surface area contributed by atoms with Crippen LogP contribution in [0.1, 0.15) is 98.6 Å². The van der Waals surface area contributed by atoms with E-state index in [0.717, 1.165) is 62.3 Å². The summed E-state index contributed by atoms with van der Waals surface area (Å²) in [6, 6.07) is 14.6. The summed E-state index contributed by atoms with van der Waals surface area (Å²) in [6.07, 6.45) is 5.77. The number of methoxy groups -OCH3 is 2. The monoisotopic (exact) mass is 757 g/mol. The van der Waals surface area contributed by atoms with Crippen LogP contribution in [0.25, 0.3) is 0 Å². The lowest BCUT2D eigenvalue weighted by Gasteiger charge is -2.32. The maximum atomic E-state index is 12.5. The smallest absolute Gasteiger partial charge is 0.407 e. The molecular formula is C42H67N3O9. The molecule has 0 saturated carbocycles. The van der Waals surface area contributed by atoms with Crippen LogP contribution >= 0.6 is 0 Å². The Labute approximate surface area is 323 Å². The van der Waals surface area contributed by atoms with E-state index in [2.05, 4.69) is 10.6 Å². The van der Waals surface area contributed by atoms with Crippen LogP contribution in [0.2, 0.25) is 0 Å². The van der Waals surface area contributed by atoms with Crippen LogP contribution in [0.3, 0.4) is 0 Å². The summed E-state index contributed by atoms with van der Waals surface area (Å²) >= 11 is 0. The highest BCUT2D eigenvalue weighted by molar-refractivity contribution is 5.79. The lowest BCUT2D eigenvalue weighted by atomic mass is 9.93. The van der Waals surface area contributed by atoms with Gasteiger partial charge < -0.3 is 39.6 Å². The van der Waals surface area contributed by atoms with Crippen LogP contribution in [-0.2, 0) is 36.7 Å². The number of alkyl carbamates (subject to hydrolysis) is 1. The average Bonchev–Trinajstić information content (AvgIpc) is 3.09. The fourth-order valence-electron chi connectivity index (χ4n) is 5.84. The molecule has 12 heteroatoms. The Morgan fingerprint density at radius 1 is 0.778 bits per heavy atom. The first-order chi connectivity index (χ1) is 25.0. The van der Waals surface area contributed by atoms with Crippen LogP contribution in [0.5, 0.6) is 11.5 Å². The molecule has 2 fully saturated rings. The number of amides is 2. The van der Waals surface area contributed by atoms with Gasteiger partial charge in [-0.15, -0.1) is 0 Å². The molecule has 0 aromatic heterocycles. The minimum atomic E-state index is -0.830. The Morgan fingerprint density at radius 2 is 1.30 bits per heavy atom. The number of piperidine rings is 2. The van der Waals surface area contributed by atoms with Crippen molar-refractivity contribution in [2.45, 2.75) is 112 Å². The zero-order valence-corrected chi connectivity index (χ0v) is 33.1. The van der Waals surface area contributed by atoms with E-state index in [1.807, 2.05) is 70.7 Å². The fourth-order valence-corrected chi connectivity index (χ4v) is 5.84. The van der Waals surface area contributed by atoms with Gasteiger partial charge in [0, 0.05) is 26.1 Å². The Balaban J connectivity index is 0.000000441. The van der Waals surface area contributed by atoms with Gasteiger partial charge in [-0.05, 0) is 134 Å². The normalized spacial score (nSPS) is 14.8. The number of hydrogen-bond acceptors (Lipinski definition) is 9. The van der Waals surface area contributed by atoms with Gasteiger partial charge in [-0.1, -0.05) is 31.7 Å². The van der Waals surface area contributed by atoms with Gasteiger partial charge in [0.1, 0.15) is 22.7 Å². The molecule has 2 saturated heterocycles. The standard InChI is InChI=1S/C20H30N2O4.C12H23NO2.C9H10O3.CH4/c1-20(2,3)26-19(24)21-14-15-8-10-22(11-9-15)18(23)13-16-6-5-7-17(12-16)25-4;1-12(2,3)15-11(14)5-4-10-6-8-13-9-7-10;1-12-8-4-2-3-7(5-8)6-9(10)11;/h5-7,12,15H,8-11,13-14H2,1-4H3,(H,21,24);10,13H,4-9H2,1-3H3;2-5H,6H2,1H3,(H,10,11);1H4. The van der Waals surface area contributed by atoms with Crippen molar-refractivity contribution < 1.29 is 43.2 Å². The molecule has 2 heterocycles. The summed E-state index contributed by atoms with van der Waals surface area (Å²) in [5.74, 6) is 1.79. The molecular weight excluding hydrogens is 690 g/mol. The summed E-state index contributed by atoms with van der Waals surface area (Å²) in [6.45, 7) is 15.5. The lowest BCUT2D eigenvalue weighted by molar-refractivity contribution is -0.155. The third kappa shape index (κ3) is 21.4. The predicted molar refractivity (Wildman–Crippen MR) is 212 cm³/mol. The maximum Gasteiger partial charge on any atom is 0.407 e. The van der Waals surface area contributed by atoms with Crippen LogP contribution < -0.4 is 20.1 Å². The van der Waals surface area contributed by atoms with E-state index in [-0.39, 0.29) is 37.4 Å². The third-order valence-electron chi connectivity index (χ3n) is 8.52. The van der Waals surface area contributed by atoms with Crippen molar-refractivity contribution >= 4 is 23.9 Å². The molecule has 0 spiro atoms. The number of aliphatic carboxylic acids is 1. The van der Waals surface area contributed by atoms with Crippen molar-refractivity contribution in [1.29, 1.82) is 0 Å². The van der Waals surface area contributed by atoms with E-state index in [1.165, 1.54) is 12.8 Å². The summed E-state index contributed by atoms with van der Waals surface area (Å²) in [5, 5.41) is 14.6. The van der Waals surface area contributed by atoms with Crippen molar-refractivity contribution in [1.82, 2.24) is 15.5 Å². The zero-order chi connectivity index (χ0) is 39.4. The zero-order valence-electron chi connectivity index (χ0n) is 33.1. The molecule has 0 bridgehead atoms. The van der Waals surface area contributed by atoms with Gasteiger partial charge in [0.25, 0.3) is 0 Å². The molecule has 2 aromatic carbocycles. The summed E-state index contributed by atoms with van der Waals surface area (Å²) in [7, 11) is 3.18. The molecule has 3 N–H and O–H groups in total. The molecule has 304 valence electrons. The molecule has 0 unspecified atom stereocenters. The van der Waals surface area contributed by atoms with E-state index in [4.69, 9.17) is 24.1 Å². The minimum Gasteiger partial charge on any atom is -0.497 e. The Hall–Kier alpha value is -4.32. The van der Waals surface area contributed by atoms with Crippen molar-refractivity contribution in [3.63, 3.8) is 0 Å². The van der Waals surface area contributed by atoms with Gasteiger partial charge in [-0.3, -0.25) is 14.4 Å². The van der Waals surface area contributed by atoms with Gasteiger partial charge in [0.05, 0.1) is 27.1 Å². The van der Waals surface area contributed by atoms with E-state index in [0.29, 0.717) is 37.0 Å². The molecule has 4 rings (SSSR count). The Morgan fingerprint density at radius 3 is 1.78 bits per heavy atom. The van der Waals surface area contributed by atoms with E-state index in [1.54, 1.807) is 38.5 Å². The minimum absolute atomic E-state index is 0. The first-order valence-electron chi connectivity index (χ1n) is 18.6. The van der Waals surface area contributed by atoms with Crippen molar-refractivity contribution in [3.05, 3.63) is 59.7 Å². The summed E-state index contributed by atoms with van der Waals surface area (Å²) in [5.41, 5.74) is 0.885. The molecule has 0 atom stereocenters. The number of nitrogens with one attached hydrogen (secondary N) is 2. The number of likely N-dealkylation sites (tertiary alicyclic amines) is 1. The molecule has 54 heavy (non-hydrogen) atoms. The second kappa shape index (κ2) is 24.2. The quantitative estimate of drug-likeness (QED) is 0.203. The number of carboxylic acids is 1. The first kappa shape index (κ1) is 47.7. The molecule has 0 aliphatic carbocycles. The molecule has 0 radical (unpaired) electrons. The molecule has 2 aromatic rings. The predicted octanol–water partition coefficient (Wildman–Crippen LogP) is 7.07. The highest BCUT2D eigenvalue weighted by atomic mass is 16.6. The number of carboxylic acid groups (broad SMARTS) is 1. The molecule has 2 aliphatic rings. The average molecular weight is 758 g/mol. The maximum absolute atomic E-state index is 12.5. The Bertz CT molecular complexity index is 1420. The highest BCUT2D eigenvalue weighted by Crippen LogP contribution is 2.21. The lowest BCUT2D eigenvalue weighted by Crippen LogP contribution is -2.42. The Kier molecular flexibility index (Phi) is 21.3. The number of carbonyl (C=O) groups excluding carboxylic acids is 3.